The van der Waals surface area contributed by atoms with Crippen molar-refractivity contribution in [3.8, 4) is 0 Å². The Kier molecular flexibility index (Phi) is 6.88. The fourth-order valence-electron chi connectivity index (χ4n) is 5.64. The van der Waals surface area contributed by atoms with Crippen LogP contribution in [0.15, 0.2) is 24.3 Å². The number of likely N-dealkylation sites (N-methyl/N-ethyl adjacent to an activating group) is 1. The summed E-state index contributed by atoms with van der Waals surface area (Å²) in [5.74, 6) is -0.502. The molecule has 3 N–H and O–H groups in total. The number of benzene rings is 1. The van der Waals surface area contributed by atoms with Crippen LogP contribution in [0.5, 0.6) is 0 Å². The SMILES string of the molecule is CN1CCc2nc(C(=O)N[C@@H]3CC(C(=O)N4CCC4)CCC3NC(=O)c3cc4cc(Cl)ccc4[nH]3)sc2C1. The number of carbonyl (C=O) groups excluding carboxylic acids is 3. The number of rotatable bonds is 5. The van der Waals surface area contributed by atoms with Gasteiger partial charge in [0.15, 0.2) is 5.01 Å². The molecule has 1 aliphatic carbocycles. The van der Waals surface area contributed by atoms with Gasteiger partial charge in [0.2, 0.25) is 5.91 Å². The minimum atomic E-state index is -0.377. The Labute approximate surface area is 229 Å². The number of aromatic amines is 1. The average molecular weight is 555 g/mol. The van der Waals surface area contributed by atoms with Crippen LogP contribution in [0.2, 0.25) is 5.02 Å². The molecule has 1 saturated carbocycles. The van der Waals surface area contributed by atoms with Crippen LogP contribution in [-0.2, 0) is 17.8 Å². The fourth-order valence-corrected chi connectivity index (χ4v) is 6.92. The molecule has 4 heterocycles. The molecule has 3 aliphatic rings. The molecular formula is C27H31ClN6O3S. The predicted molar refractivity (Wildman–Crippen MR) is 147 cm³/mol. The van der Waals surface area contributed by atoms with Crippen molar-refractivity contribution in [2.45, 2.75) is 50.7 Å². The minimum Gasteiger partial charge on any atom is -0.351 e. The van der Waals surface area contributed by atoms with E-state index in [0.29, 0.717) is 35.0 Å². The smallest absolute Gasteiger partial charge is 0.280 e. The van der Waals surface area contributed by atoms with Gasteiger partial charge in [-0.3, -0.25) is 14.4 Å². The molecule has 2 aromatic heterocycles. The second kappa shape index (κ2) is 10.3. The highest BCUT2D eigenvalue weighted by atomic mass is 35.5. The lowest BCUT2D eigenvalue weighted by Crippen LogP contribution is -2.57. The summed E-state index contributed by atoms with van der Waals surface area (Å²) in [6, 6.07) is 6.53. The van der Waals surface area contributed by atoms with Crippen molar-refractivity contribution < 1.29 is 14.4 Å². The molecule has 2 fully saturated rings. The zero-order valence-corrected chi connectivity index (χ0v) is 22.8. The van der Waals surface area contributed by atoms with E-state index in [1.807, 2.05) is 17.0 Å². The van der Waals surface area contributed by atoms with Crippen LogP contribution in [0, 0.1) is 5.92 Å². The van der Waals surface area contributed by atoms with E-state index in [2.05, 4.69) is 32.5 Å². The van der Waals surface area contributed by atoms with E-state index in [9.17, 15) is 14.4 Å². The molecule has 2 unspecified atom stereocenters. The van der Waals surface area contributed by atoms with Crippen molar-refractivity contribution in [2.75, 3.05) is 26.7 Å². The highest BCUT2D eigenvalue weighted by Gasteiger charge is 2.39. The number of fused-ring (bicyclic) bond motifs is 2. The normalized spacial score (nSPS) is 23.5. The molecule has 3 amide bonds. The number of H-pyrrole nitrogens is 1. The number of aromatic nitrogens is 2. The summed E-state index contributed by atoms with van der Waals surface area (Å²) < 4.78 is 0. The lowest BCUT2D eigenvalue weighted by molar-refractivity contribution is -0.140. The lowest BCUT2D eigenvalue weighted by atomic mass is 9.81. The summed E-state index contributed by atoms with van der Waals surface area (Å²) in [5, 5.41) is 8.16. The molecule has 6 rings (SSSR count). The second-order valence-corrected chi connectivity index (χ2v) is 12.2. The van der Waals surface area contributed by atoms with Crippen LogP contribution in [0.1, 0.15) is 56.5 Å². The molecule has 11 heteroatoms. The van der Waals surface area contributed by atoms with Gasteiger partial charge in [0, 0.05) is 65.4 Å². The molecule has 2 aliphatic heterocycles. The van der Waals surface area contributed by atoms with Gasteiger partial charge in [-0.15, -0.1) is 11.3 Å². The number of hydrogen-bond donors (Lipinski definition) is 3. The molecule has 0 radical (unpaired) electrons. The van der Waals surface area contributed by atoms with Crippen molar-refractivity contribution in [2.24, 2.45) is 5.92 Å². The maximum Gasteiger partial charge on any atom is 0.280 e. The molecular weight excluding hydrogens is 524 g/mol. The standard InChI is InChI=1S/C27H31ClN6O3S/c1-33-10-7-20-23(14-33)38-26(32-20)25(36)31-21-12-15(27(37)34-8-2-9-34)3-5-19(21)30-24(35)22-13-16-11-17(28)4-6-18(16)29-22/h4,6,11,13,15,19,21,29H,2-3,5,7-10,12,14H2,1H3,(H,30,35)(H,31,36)/t15?,19?,21-/m1/s1. The van der Waals surface area contributed by atoms with E-state index in [4.69, 9.17) is 11.6 Å². The lowest BCUT2D eigenvalue weighted by Gasteiger charge is -2.40. The maximum absolute atomic E-state index is 13.3. The van der Waals surface area contributed by atoms with Gasteiger partial charge in [-0.2, -0.15) is 0 Å². The van der Waals surface area contributed by atoms with Gasteiger partial charge < -0.3 is 25.4 Å². The van der Waals surface area contributed by atoms with E-state index in [0.717, 1.165) is 60.5 Å². The Morgan fingerprint density at radius 2 is 1.89 bits per heavy atom. The van der Waals surface area contributed by atoms with Gasteiger partial charge in [-0.05, 0) is 57.0 Å². The van der Waals surface area contributed by atoms with E-state index >= 15 is 0 Å². The number of likely N-dealkylation sites (tertiary alicyclic amines) is 1. The van der Waals surface area contributed by atoms with E-state index < -0.39 is 0 Å². The number of nitrogens with zero attached hydrogens (tertiary/aromatic N) is 3. The second-order valence-electron chi connectivity index (χ2n) is 10.6. The number of nitrogens with one attached hydrogen (secondary N) is 3. The fraction of sp³-hybridized carbons (Fsp3) is 0.481. The molecule has 3 aromatic rings. The first-order chi connectivity index (χ1) is 18.3. The molecule has 200 valence electrons. The van der Waals surface area contributed by atoms with Crippen molar-refractivity contribution in [1.29, 1.82) is 0 Å². The molecule has 0 bridgehead atoms. The number of thiazole rings is 1. The third kappa shape index (κ3) is 5.04. The first-order valence-corrected chi connectivity index (χ1v) is 14.4. The third-order valence-corrected chi connectivity index (χ3v) is 9.26. The van der Waals surface area contributed by atoms with Crippen molar-refractivity contribution in [1.82, 2.24) is 30.4 Å². The van der Waals surface area contributed by atoms with Crippen LogP contribution in [-0.4, -0.2) is 76.3 Å². The quantitative estimate of drug-likeness (QED) is 0.449. The van der Waals surface area contributed by atoms with E-state index in [1.54, 1.807) is 12.1 Å². The monoisotopic (exact) mass is 554 g/mol. The number of halogens is 1. The van der Waals surface area contributed by atoms with Crippen molar-refractivity contribution >= 4 is 51.6 Å². The Morgan fingerprint density at radius 1 is 1.08 bits per heavy atom. The Hall–Kier alpha value is -2.95. The van der Waals surface area contributed by atoms with Gasteiger partial charge in [0.1, 0.15) is 5.69 Å². The largest absolute Gasteiger partial charge is 0.351 e. The summed E-state index contributed by atoms with van der Waals surface area (Å²) >= 11 is 7.54. The van der Waals surface area contributed by atoms with Crippen LogP contribution < -0.4 is 10.6 Å². The summed E-state index contributed by atoms with van der Waals surface area (Å²) in [7, 11) is 2.06. The molecule has 38 heavy (non-hydrogen) atoms. The molecule has 3 atom stereocenters. The van der Waals surface area contributed by atoms with Crippen molar-refractivity contribution in [3.63, 3.8) is 0 Å². The highest BCUT2D eigenvalue weighted by molar-refractivity contribution is 7.13. The zero-order valence-electron chi connectivity index (χ0n) is 21.3. The van der Waals surface area contributed by atoms with Crippen molar-refractivity contribution in [3.05, 3.63) is 50.6 Å². The minimum absolute atomic E-state index is 0.153. The summed E-state index contributed by atoms with van der Waals surface area (Å²) in [6.07, 6.45) is 3.64. The van der Waals surface area contributed by atoms with E-state index in [-0.39, 0.29) is 35.7 Å². The topological polar surface area (TPSA) is 110 Å². The number of amides is 3. The molecule has 9 nitrogen and oxygen atoms in total. The molecule has 1 saturated heterocycles. The van der Waals surface area contributed by atoms with Gasteiger partial charge in [0.05, 0.1) is 11.7 Å². The van der Waals surface area contributed by atoms with Crippen LogP contribution in [0.4, 0.5) is 0 Å². The zero-order chi connectivity index (χ0) is 26.4. The average Bonchev–Trinajstić information content (AvgIpc) is 3.47. The molecule has 0 spiro atoms. The number of carbonyl (C=O) groups is 3. The Morgan fingerprint density at radius 3 is 2.68 bits per heavy atom. The Balaban J connectivity index is 1.19. The summed E-state index contributed by atoms with van der Waals surface area (Å²) in [6.45, 7) is 3.32. The maximum atomic E-state index is 13.3. The third-order valence-electron chi connectivity index (χ3n) is 7.94. The van der Waals surface area contributed by atoms with Crippen LogP contribution in [0.25, 0.3) is 10.9 Å². The van der Waals surface area contributed by atoms with Gasteiger partial charge >= 0.3 is 0 Å². The number of hydrogen-bond acceptors (Lipinski definition) is 6. The van der Waals surface area contributed by atoms with Crippen LogP contribution >= 0.6 is 22.9 Å². The van der Waals surface area contributed by atoms with Gasteiger partial charge in [-0.25, -0.2) is 4.98 Å². The predicted octanol–water partition coefficient (Wildman–Crippen LogP) is 3.20. The summed E-state index contributed by atoms with van der Waals surface area (Å²) in [5.41, 5.74) is 2.26. The van der Waals surface area contributed by atoms with Gasteiger partial charge in [0.25, 0.3) is 11.8 Å². The Bertz CT molecular complexity index is 1400. The first-order valence-electron chi connectivity index (χ1n) is 13.2. The first kappa shape index (κ1) is 25.3. The summed E-state index contributed by atoms with van der Waals surface area (Å²) in [4.78, 5) is 52.6. The van der Waals surface area contributed by atoms with E-state index in [1.165, 1.54) is 11.3 Å². The molecule has 1 aromatic carbocycles. The van der Waals surface area contributed by atoms with Crippen LogP contribution in [0.3, 0.4) is 0 Å². The van der Waals surface area contributed by atoms with Gasteiger partial charge in [-0.1, -0.05) is 11.6 Å². The highest BCUT2D eigenvalue weighted by Crippen LogP contribution is 2.30.